The Labute approximate surface area is 166 Å². The molecule has 1 aliphatic heterocycles. The van der Waals surface area contributed by atoms with E-state index in [4.69, 9.17) is 9.15 Å². The maximum Gasteiger partial charge on any atom is 0.291 e. The zero-order valence-electron chi connectivity index (χ0n) is 15.5. The van der Waals surface area contributed by atoms with Crippen LogP contribution in [0.25, 0.3) is 11.0 Å². The number of rotatable bonds is 2. The summed E-state index contributed by atoms with van der Waals surface area (Å²) in [6, 6.07) is 19.6. The van der Waals surface area contributed by atoms with Crippen molar-refractivity contribution in [2.45, 2.75) is 6.92 Å². The Bertz CT molecular complexity index is 1260. The molecule has 1 aromatic heterocycles. The van der Waals surface area contributed by atoms with Crippen molar-refractivity contribution >= 4 is 34.2 Å². The minimum Gasteiger partial charge on any atom is -0.454 e. The number of hydrogen-bond donors (Lipinski definition) is 2. The highest BCUT2D eigenvalue weighted by Crippen LogP contribution is 2.37. The summed E-state index contributed by atoms with van der Waals surface area (Å²) in [5, 5.41) is 6.47. The van der Waals surface area contributed by atoms with Gasteiger partial charge in [-0.15, -0.1) is 0 Å². The van der Waals surface area contributed by atoms with E-state index in [0.29, 0.717) is 34.0 Å². The Kier molecular flexibility index (Phi) is 3.84. The summed E-state index contributed by atoms with van der Waals surface area (Å²) in [4.78, 5) is 25.3. The molecule has 4 aromatic rings. The summed E-state index contributed by atoms with van der Waals surface area (Å²) in [7, 11) is 0. The first-order chi connectivity index (χ1) is 14.1. The minimum absolute atomic E-state index is 0.199. The predicted octanol–water partition coefficient (Wildman–Crippen LogP) is 5.35. The Hall–Kier alpha value is -4.06. The van der Waals surface area contributed by atoms with Crippen LogP contribution in [0.1, 0.15) is 26.5 Å². The van der Waals surface area contributed by atoms with Crippen LogP contribution in [0.3, 0.4) is 0 Å². The Morgan fingerprint density at radius 2 is 1.79 bits per heavy atom. The monoisotopic (exact) mass is 384 g/mol. The quantitative estimate of drug-likeness (QED) is 0.488. The maximum absolute atomic E-state index is 12.7. The molecule has 0 spiro atoms. The molecule has 5 rings (SSSR count). The maximum atomic E-state index is 12.7. The van der Waals surface area contributed by atoms with E-state index in [1.54, 1.807) is 30.3 Å². The van der Waals surface area contributed by atoms with Crippen LogP contribution >= 0.6 is 0 Å². The fourth-order valence-electron chi connectivity index (χ4n) is 3.30. The van der Waals surface area contributed by atoms with Crippen molar-refractivity contribution in [1.82, 2.24) is 0 Å². The summed E-state index contributed by atoms with van der Waals surface area (Å²) in [5.74, 6) is 0.498. The lowest BCUT2D eigenvalue weighted by atomic mass is 10.1. The first kappa shape index (κ1) is 17.1. The Morgan fingerprint density at radius 1 is 0.966 bits per heavy atom. The molecule has 2 heterocycles. The molecule has 2 amide bonds. The van der Waals surface area contributed by atoms with Crippen LogP contribution in [0.2, 0.25) is 0 Å². The highest BCUT2D eigenvalue weighted by molar-refractivity contribution is 6.10. The average Bonchev–Trinajstić information content (AvgIpc) is 3.10. The van der Waals surface area contributed by atoms with Crippen molar-refractivity contribution in [3.63, 3.8) is 0 Å². The Balaban J connectivity index is 1.43. The molecule has 29 heavy (non-hydrogen) atoms. The van der Waals surface area contributed by atoms with Gasteiger partial charge in [0.1, 0.15) is 11.3 Å². The lowest BCUT2D eigenvalue weighted by Gasteiger charge is -2.09. The molecule has 6 nitrogen and oxygen atoms in total. The van der Waals surface area contributed by atoms with Gasteiger partial charge >= 0.3 is 0 Å². The highest BCUT2D eigenvalue weighted by Gasteiger charge is 2.22. The van der Waals surface area contributed by atoms with Crippen LogP contribution in [0.4, 0.5) is 11.4 Å². The molecular formula is C23H16N2O4. The van der Waals surface area contributed by atoms with Crippen LogP contribution in [0.5, 0.6) is 11.5 Å². The molecule has 3 aromatic carbocycles. The SMILES string of the molecule is Cc1ccc2c(c1)NC(=O)c1cc(NC(=O)c3cc4ccccc4o3)ccc1O2. The van der Waals surface area contributed by atoms with E-state index in [2.05, 4.69) is 10.6 Å². The number of carbonyl (C=O) groups is 2. The molecule has 0 atom stereocenters. The van der Waals surface area contributed by atoms with E-state index in [9.17, 15) is 9.59 Å². The summed E-state index contributed by atoms with van der Waals surface area (Å²) in [5.41, 5.74) is 3.06. The topological polar surface area (TPSA) is 80.6 Å². The van der Waals surface area contributed by atoms with Crippen LogP contribution in [0, 0.1) is 6.92 Å². The van der Waals surface area contributed by atoms with Crippen LogP contribution in [0.15, 0.2) is 71.1 Å². The molecule has 6 heteroatoms. The van der Waals surface area contributed by atoms with Gasteiger partial charge in [-0.2, -0.15) is 0 Å². The lowest BCUT2D eigenvalue weighted by Crippen LogP contribution is -2.13. The number of hydrogen-bond acceptors (Lipinski definition) is 4. The van der Waals surface area contributed by atoms with Gasteiger partial charge in [0.2, 0.25) is 0 Å². The summed E-state index contributed by atoms with van der Waals surface area (Å²) in [6.07, 6.45) is 0. The van der Waals surface area contributed by atoms with Gasteiger partial charge in [-0.3, -0.25) is 9.59 Å². The van der Waals surface area contributed by atoms with E-state index >= 15 is 0 Å². The van der Waals surface area contributed by atoms with E-state index < -0.39 is 5.91 Å². The van der Waals surface area contributed by atoms with E-state index in [0.717, 1.165) is 10.9 Å². The lowest BCUT2D eigenvalue weighted by molar-refractivity contribution is 0.0995. The van der Waals surface area contributed by atoms with Crippen molar-refractivity contribution in [2.24, 2.45) is 0 Å². The fourth-order valence-corrected chi connectivity index (χ4v) is 3.30. The van der Waals surface area contributed by atoms with Gasteiger partial charge in [0.25, 0.3) is 11.8 Å². The highest BCUT2D eigenvalue weighted by atomic mass is 16.5. The van der Waals surface area contributed by atoms with Crippen LogP contribution < -0.4 is 15.4 Å². The molecule has 142 valence electrons. The number of amides is 2. The van der Waals surface area contributed by atoms with Crippen LogP contribution in [-0.2, 0) is 0 Å². The summed E-state index contributed by atoms with van der Waals surface area (Å²) in [6.45, 7) is 1.94. The van der Waals surface area contributed by atoms with E-state index in [1.165, 1.54) is 0 Å². The third-order valence-electron chi connectivity index (χ3n) is 4.73. The second kappa shape index (κ2) is 6.53. The molecule has 0 aliphatic carbocycles. The van der Waals surface area contributed by atoms with Gasteiger partial charge < -0.3 is 19.8 Å². The van der Waals surface area contributed by atoms with Crippen molar-refractivity contribution in [2.75, 3.05) is 10.6 Å². The smallest absolute Gasteiger partial charge is 0.291 e. The standard InChI is InChI=1S/C23H16N2O4/c1-13-6-8-20-17(10-13)25-22(26)16-12-15(7-9-19(16)29-20)24-23(27)21-11-14-4-2-3-5-18(14)28-21/h2-12H,1H3,(H,24,27)(H,25,26). The minimum atomic E-state index is -0.394. The number of nitrogens with one attached hydrogen (secondary N) is 2. The van der Waals surface area contributed by atoms with Crippen LogP contribution in [-0.4, -0.2) is 11.8 Å². The van der Waals surface area contributed by atoms with Crippen molar-refractivity contribution in [3.8, 4) is 11.5 Å². The second-order valence-corrected chi connectivity index (χ2v) is 6.87. The van der Waals surface area contributed by atoms with Gasteiger partial charge in [0.05, 0.1) is 11.3 Å². The molecule has 0 radical (unpaired) electrons. The predicted molar refractivity (Wildman–Crippen MR) is 110 cm³/mol. The van der Waals surface area contributed by atoms with Gasteiger partial charge in [-0.25, -0.2) is 0 Å². The van der Waals surface area contributed by atoms with E-state index in [-0.39, 0.29) is 11.7 Å². The van der Waals surface area contributed by atoms with Gasteiger partial charge in [0, 0.05) is 11.1 Å². The zero-order chi connectivity index (χ0) is 20.0. The van der Waals surface area contributed by atoms with Gasteiger partial charge in [0.15, 0.2) is 11.5 Å². The number of fused-ring (bicyclic) bond motifs is 3. The number of furan rings is 1. The number of carbonyl (C=O) groups excluding carboxylic acids is 2. The molecule has 0 saturated carbocycles. The zero-order valence-corrected chi connectivity index (χ0v) is 15.5. The number of anilines is 2. The molecule has 2 N–H and O–H groups in total. The van der Waals surface area contributed by atoms with Crippen molar-refractivity contribution < 1.29 is 18.7 Å². The molecule has 0 saturated heterocycles. The number of ether oxygens (including phenoxy) is 1. The molecular weight excluding hydrogens is 368 g/mol. The van der Waals surface area contributed by atoms with Gasteiger partial charge in [-0.1, -0.05) is 24.3 Å². The van der Waals surface area contributed by atoms with Gasteiger partial charge in [-0.05, 0) is 55.0 Å². The molecule has 0 unspecified atom stereocenters. The van der Waals surface area contributed by atoms with E-state index in [1.807, 2.05) is 43.3 Å². The fraction of sp³-hybridized carbons (Fsp3) is 0.0435. The normalized spacial score (nSPS) is 12.4. The second-order valence-electron chi connectivity index (χ2n) is 6.87. The number of para-hydroxylation sites is 1. The third-order valence-corrected chi connectivity index (χ3v) is 4.73. The summed E-state index contributed by atoms with van der Waals surface area (Å²) < 4.78 is 11.5. The molecule has 0 bridgehead atoms. The molecule has 1 aliphatic rings. The average molecular weight is 384 g/mol. The summed E-state index contributed by atoms with van der Waals surface area (Å²) >= 11 is 0. The largest absolute Gasteiger partial charge is 0.454 e. The van der Waals surface area contributed by atoms with Crippen molar-refractivity contribution in [3.05, 3.63) is 83.6 Å². The number of aryl methyl sites for hydroxylation is 1. The molecule has 0 fully saturated rings. The van der Waals surface area contributed by atoms with Crippen molar-refractivity contribution in [1.29, 1.82) is 0 Å². The first-order valence-electron chi connectivity index (χ1n) is 9.11. The Morgan fingerprint density at radius 3 is 2.66 bits per heavy atom. The third kappa shape index (κ3) is 3.10. The first-order valence-corrected chi connectivity index (χ1v) is 9.11. The number of benzene rings is 3.